The van der Waals surface area contributed by atoms with E-state index < -0.39 is 6.10 Å². The van der Waals surface area contributed by atoms with Crippen molar-refractivity contribution in [2.75, 3.05) is 5.73 Å². The number of benzene rings is 1. The van der Waals surface area contributed by atoms with Gasteiger partial charge in [0.25, 0.3) is 5.91 Å². The van der Waals surface area contributed by atoms with E-state index in [1.165, 1.54) is 12.8 Å². The summed E-state index contributed by atoms with van der Waals surface area (Å²) in [4.78, 5) is 12.0. The molecule has 104 valence electrons. The quantitative estimate of drug-likeness (QED) is 0.819. The number of hydrogen-bond donors (Lipinski definition) is 2. The molecule has 3 N–H and O–H groups in total. The van der Waals surface area contributed by atoms with E-state index in [1.807, 2.05) is 19.1 Å². The van der Waals surface area contributed by atoms with Crippen LogP contribution in [0.5, 0.6) is 5.75 Å². The molecule has 0 saturated heterocycles. The van der Waals surface area contributed by atoms with Gasteiger partial charge in [-0.05, 0) is 44.4 Å². The summed E-state index contributed by atoms with van der Waals surface area (Å²) in [6.07, 6.45) is 4.02. The van der Waals surface area contributed by atoms with E-state index in [0.29, 0.717) is 17.5 Å². The van der Waals surface area contributed by atoms with Gasteiger partial charge >= 0.3 is 0 Å². The summed E-state index contributed by atoms with van der Waals surface area (Å²) >= 11 is 0. The van der Waals surface area contributed by atoms with E-state index in [-0.39, 0.29) is 5.91 Å². The molecule has 2 rings (SSSR count). The van der Waals surface area contributed by atoms with Gasteiger partial charge in [0.1, 0.15) is 5.75 Å². The Labute approximate surface area is 114 Å². The highest BCUT2D eigenvalue weighted by atomic mass is 16.5. The molecule has 4 heteroatoms. The molecule has 1 unspecified atom stereocenters. The largest absolute Gasteiger partial charge is 0.479 e. The lowest BCUT2D eigenvalue weighted by Gasteiger charge is -2.19. The van der Waals surface area contributed by atoms with Gasteiger partial charge in [0.05, 0.1) is 5.69 Å². The maximum absolute atomic E-state index is 12.0. The molecule has 1 aromatic rings. The van der Waals surface area contributed by atoms with Gasteiger partial charge in [-0.3, -0.25) is 4.79 Å². The average molecular weight is 262 g/mol. The maximum atomic E-state index is 12.0. The summed E-state index contributed by atoms with van der Waals surface area (Å²) in [7, 11) is 0. The zero-order valence-corrected chi connectivity index (χ0v) is 11.6. The fourth-order valence-corrected chi connectivity index (χ4v) is 2.38. The van der Waals surface area contributed by atoms with Crippen LogP contribution in [0.4, 0.5) is 5.69 Å². The Balaban J connectivity index is 1.93. The number of amides is 1. The lowest BCUT2D eigenvalue weighted by atomic mass is 10.2. The third-order valence-electron chi connectivity index (χ3n) is 3.54. The van der Waals surface area contributed by atoms with Crippen LogP contribution in [0.2, 0.25) is 0 Å². The molecule has 4 nitrogen and oxygen atoms in total. The molecular weight excluding hydrogens is 240 g/mol. The van der Waals surface area contributed by atoms with E-state index in [0.717, 1.165) is 18.4 Å². The predicted molar refractivity (Wildman–Crippen MR) is 76.1 cm³/mol. The Morgan fingerprint density at radius 2 is 2.11 bits per heavy atom. The van der Waals surface area contributed by atoms with E-state index in [4.69, 9.17) is 10.5 Å². The Morgan fingerprint density at radius 3 is 2.79 bits per heavy atom. The minimum absolute atomic E-state index is 0.0622. The molecule has 0 spiro atoms. The van der Waals surface area contributed by atoms with Gasteiger partial charge in [0.15, 0.2) is 6.10 Å². The van der Waals surface area contributed by atoms with E-state index in [2.05, 4.69) is 5.32 Å². The van der Waals surface area contributed by atoms with Crippen molar-refractivity contribution < 1.29 is 9.53 Å². The number of aryl methyl sites for hydroxylation is 1. The van der Waals surface area contributed by atoms with E-state index >= 15 is 0 Å². The molecule has 1 aliphatic carbocycles. The Morgan fingerprint density at radius 1 is 1.42 bits per heavy atom. The molecule has 0 radical (unpaired) electrons. The fraction of sp³-hybridized carbons (Fsp3) is 0.533. The van der Waals surface area contributed by atoms with Crippen LogP contribution in [0.15, 0.2) is 18.2 Å². The molecule has 1 saturated carbocycles. The van der Waals surface area contributed by atoms with Crippen LogP contribution in [0, 0.1) is 6.92 Å². The second kappa shape index (κ2) is 5.95. The normalized spacial score (nSPS) is 17.2. The third kappa shape index (κ3) is 3.63. The van der Waals surface area contributed by atoms with Crippen molar-refractivity contribution in [2.45, 2.75) is 51.7 Å². The summed E-state index contributed by atoms with van der Waals surface area (Å²) in [5, 5.41) is 3.03. The molecule has 1 aromatic carbocycles. The molecule has 0 aromatic heterocycles. The summed E-state index contributed by atoms with van der Waals surface area (Å²) < 4.78 is 5.66. The van der Waals surface area contributed by atoms with Gasteiger partial charge in [-0.2, -0.15) is 0 Å². The second-order valence-corrected chi connectivity index (χ2v) is 5.29. The zero-order valence-electron chi connectivity index (χ0n) is 11.6. The van der Waals surface area contributed by atoms with Crippen LogP contribution in [-0.4, -0.2) is 18.1 Å². The second-order valence-electron chi connectivity index (χ2n) is 5.29. The predicted octanol–water partition coefficient (Wildman–Crippen LogP) is 2.40. The standard InChI is InChI=1S/C15H22N2O2/c1-10-7-8-13(16)14(9-10)19-11(2)15(18)17-12-5-3-4-6-12/h7-9,11-12H,3-6,16H2,1-2H3,(H,17,18). The Hall–Kier alpha value is -1.71. The molecule has 0 heterocycles. The highest BCUT2D eigenvalue weighted by molar-refractivity contribution is 5.81. The van der Waals surface area contributed by atoms with Crippen molar-refractivity contribution in [3.05, 3.63) is 23.8 Å². The first-order valence-corrected chi connectivity index (χ1v) is 6.89. The van der Waals surface area contributed by atoms with Crippen molar-refractivity contribution in [1.29, 1.82) is 0 Å². The van der Waals surface area contributed by atoms with Gasteiger partial charge in [-0.15, -0.1) is 0 Å². The van der Waals surface area contributed by atoms with Crippen molar-refractivity contribution in [3.8, 4) is 5.75 Å². The molecule has 1 fully saturated rings. The monoisotopic (exact) mass is 262 g/mol. The average Bonchev–Trinajstić information content (AvgIpc) is 2.86. The Kier molecular flexibility index (Phi) is 4.30. The smallest absolute Gasteiger partial charge is 0.260 e. The first-order valence-electron chi connectivity index (χ1n) is 6.89. The summed E-state index contributed by atoms with van der Waals surface area (Å²) in [6.45, 7) is 3.72. The number of nitrogens with two attached hydrogens (primary N) is 1. The summed E-state index contributed by atoms with van der Waals surface area (Å²) in [6, 6.07) is 5.89. The number of carbonyl (C=O) groups is 1. The Bertz CT molecular complexity index is 453. The number of rotatable bonds is 4. The summed E-state index contributed by atoms with van der Waals surface area (Å²) in [5.74, 6) is 0.516. The SMILES string of the molecule is Cc1ccc(N)c(OC(C)C(=O)NC2CCCC2)c1. The number of carbonyl (C=O) groups excluding carboxylic acids is 1. The number of hydrogen-bond acceptors (Lipinski definition) is 3. The van der Waals surface area contributed by atoms with Crippen LogP contribution in [0.3, 0.4) is 0 Å². The van der Waals surface area contributed by atoms with Gasteiger partial charge in [-0.25, -0.2) is 0 Å². The van der Waals surface area contributed by atoms with Crippen molar-refractivity contribution in [3.63, 3.8) is 0 Å². The van der Waals surface area contributed by atoms with Crippen molar-refractivity contribution in [2.24, 2.45) is 0 Å². The van der Waals surface area contributed by atoms with Gasteiger partial charge in [-0.1, -0.05) is 18.9 Å². The maximum Gasteiger partial charge on any atom is 0.260 e. The molecule has 1 aliphatic rings. The van der Waals surface area contributed by atoms with Crippen LogP contribution in [0.1, 0.15) is 38.2 Å². The first-order chi connectivity index (χ1) is 9.06. The highest BCUT2D eigenvalue weighted by Crippen LogP contribution is 2.24. The van der Waals surface area contributed by atoms with Gasteiger partial charge in [0, 0.05) is 6.04 Å². The summed E-state index contributed by atoms with van der Waals surface area (Å²) in [5.41, 5.74) is 7.47. The first kappa shape index (κ1) is 13.7. The molecule has 0 bridgehead atoms. The van der Waals surface area contributed by atoms with Gasteiger partial charge < -0.3 is 15.8 Å². The lowest BCUT2D eigenvalue weighted by molar-refractivity contribution is -0.127. The van der Waals surface area contributed by atoms with Crippen LogP contribution in [-0.2, 0) is 4.79 Å². The molecule has 19 heavy (non-hydrogen) atoms. The van der Waals surface area contributed by atoms with Gasteiger partial charge in [0.2, 0.25) is 0 Å². The lowest BCUT2D eigenvalue weighted by Crippen LogP contribution is -2.41. The van der Waals surface area contributed by atoms with Crippen LogP contribution < -0.4 is 15.8 Å². The van der Waals surface area contributed by atoms with Crippen LogP contribution >= 0.6 is 0 Å². The van der Waals surface area contributed by atoms with Crippen molar-refractivity contribution in [1.82, 2.24) is 5.32 Å². The topological polar surface area (TPSA) is 64.3 Å². The number of nitrogens with one attached hydrogen (secondary N) is 1. The minimum atomic E-state index is -0.523. The third-order valence-corrected chi connectivity index (χ3v) is 3.54. The molecule has 1 atom stereocenters. The number of ether oxygens (including phenoxy) is 1. The van der Waals surface area contributed by atoms with Crippen LogP contribution in [0.25, 0.3) is 0 Å². The molecule has 0 aliphatic heterocycles. The molecular formula is C15H22N2O2. The highest BCUT2D eigenvalue weighted by Gasteiger charge is 2.22. The molecule has 1 amide bonds. The van der Waals surface area contributed by atoms with E-state index in [1.54, 1.807) is 13.0 Å². The zero-order chi connectivity index (χ0) is 13.8. The number of anilines is 1. The van der Waals surface area contributed by atoms with Crippen molar-refractivity contribution >= 4 is 11.6 Å². The van der Waals surface area contributed by atoms with E-state index in [9.17, 15) is 4.79 Å². The number of nitrogen functional groups attached to an aromatic ring is 1. The fourth-order valence-electron chi connectivity index (χ4n) is 2.38. The minimum Gasteiger partial charge on any atom is -0.479 e.